The fourth-order valence-electron chi connectivity index (χ4n) is 2.82. The smallest absolute Gasteiger partial charge is 0.292 e. The van der Waals surface area contributed by atoms with Crippen LogP contribution in [0, 0.1) is 10.1 Å². The van der Waals surface area contributed by atoms with Crippen molar-refractivity contribution < 1.29 is 9.66 Å². The highest BCUT2D eigenvalue weighted by molar-refractivity contribution is 5.64. The van der Waals surface area contributed by atoms with E-state index in [0.717, 1.165) is 63.6 Å². The summed E-state index contributed by atoms with van der Waals surface area (Å²) >= 11 is 0. The van der Waals surface area contributed by atoms with Crippen LogP contribution in [0.2, 0.25) is 0 Å². The van der Waals surface area contributed by atoms with Gasteiger partial charge in [-0.25, -0.2) is 0 Å². The maximum atomic E-state index is 11.4. The normalized spacial score (nSPS) is 15.7. The Labute approximate surface area is 131 Å². The second kappa shape index (κ2) is 8.10. The van der Waals surface area contributed by atoms with Gasteiger partial charge in [-0.15, -0.1) is 0 Å². The number of nitrogens with zero attached hydrogens (tertiary/aromatic N) is 3. The number of benzene rings is 1. The molecular weight excluding hydrogens is 282 g/mol. The molecule has 6 nitrogen and oxygen atoms in total. The van der Waals surface area contributed by atoms with Crippen molar-refractivity contribution in [1.82, 2.24) is 4.90 Å². The Hall–Kier alpha value is -1.66. The third kappa shape index (κ3) is 4.18. The predicted molar refractivity (Wildman–Crippen MR) is 87.4 cm³/mol. The summed E-state index contributed by atoms with van der Waals surface area (Å²) in [6.07, 6.45) is 0.973. The van der Waals surface area contributed by atoms with Crippen molar-refractivity contribution in [3.8, 4) is 0 Å². The molecule has 2 rings (SSSR count). The molecule has 1 saturated heterocycles. The van der Waals surface area contributed by atoms with E-state index in [1.54, 1.807) is 6.07 Å². The molecule has 0 radical (unpaired) electrons. The number of rotatable bonds is 7. The van der Waals surface area contributed by atoms with Crippen LogP contribution in [0.4, 0.5) is 11.4 Å². The van der Waals surface area contributed by atoms with Crippen molar-refractivity contribution in [2.45, 2.75) is 26.8 Å². The molecule has 0 aliphatic carbocycles. The molecular formula is C16H25N3O3. The molecule has 0 atom stereocenters. The minimum Gasteiger partial charge on any atom is -0.379 e. The zero-order valence-electron chi connectivity index (χ0n) is 13.5. The molecule has 1 aliphatic rings. The number of nitro groups is 1. The van der Waals surface area contributed by atoms with E-state index in [4.69, 9.17) is 4.74 Å². The summed E-state index contributed by atoms with van der Waals surface area (Å²) in [7, 11) is 0. The molecule has 0 unspecified atom stereocenters. The third-order valence-corrected chi connectivity index (χ3v) is 3.96. The highest BCUT2D eigenvalue weighted by atomic mass is 16.6. The van der Waals surface area contributed by atoms with Crippen LogP contribution in [0.5, 0.6) is 0 Å². The number of ether oxygens (including phenoxy) is 1. The second-order valence-electron chi connectivity index (χ2n) is 5.55. The molecule has 0 spiro atoms. The van der Waals surface area contributed by atoms with Gasteiger partial charge < -0.3 is 9.64 Å². The van der Waals surface area contributed by atoms with Crippen molar-refractivity contribution in [3.05, 3.63) is 33.9 Å². The van der Waals surface area contributed by atoms with E-state index >= 15 is 0 Å². The highest BCUT2D eigenvalue weighted by Crippen LogP contribution is 2.30. The molecule has 1 aromatic carbocycles. The average molecular weight is 307 g/mol. The van der Waals surface area contributed by atoms with E-state index in [2.05, 4.69) is 16.7 Å². The molecule has 122 valence electrons. The first-order valence-electron chi connectivity index (χ1n) is 7.98. The zero-order chi connectivity index (χ0) is 15.9. The molecule has 0 bridgehead atoms. The van der Waals surface area contributed by atoms with Crippen LogP contribution in [-0.2, 0) is 11.3 Å². The van der Waals surface area contributed by atoms with Crippen LogP contribution in [0.3, 0.4) is 0 Å². The van der Waals surface area contributed by atoms with E-state index < -0.39 is 0 Å². The summed E-state index contributed by atoms with van der Waals surface area (Å²) < 4.78 is 5.33. The van der Waals surface area contributed by atoms with Gasteiger partial charge in [0, 0.05) is 38.8 Å². The predicted octanol–water partition coefficient (Wildman–Crippen LogP) is 2.66. The maximum absolute atomic E-state index is 11.4. The number of hydrogen-bond acceptors (Lipinski definition) is 5. The van der Waals surface area contributed by atoms with Crippen molar-refractivity contribution in [1.29, 1.82) is 0 Å². The van der Waals surface area contributed by atoms with Crippen LogP contribution >= 0.6 is 0 Å². The molecule has 0 saturated carbocycles. The van der Waals surface area contributed by atoms with E-state index in [9.17, 15) is 10.1 Å². The molecule has 1 aliphatic heterocycles. The van der Waals surface area contributed by atoms with Gasteiger partial charge in [0.25, 0.3) is 5.69 Å². The number of nitro benzene ring substituents is 1. The molecule has 1 heterocycles. The summed E-state index contributed by atoms with van der Waals surface area (Å²) in [5.41, 5.74) is 1.92. The molecule has 0 aromatic heterocycles. The fourth-order valence-corrected chi connectivity index (χ4v) is 2.82. The standard InChI is InChI=1S/C16H25N3O3/c1-3-7-18(4-2)15-6-5-14(12-16(15)19(20)21)13-17-8-10-22-11-9-17/h5-6,12H,3-4,7-11,13H2,1-2H3. The highest BCUT2D eigenvalue weighted by Gasteiger charge is 2.20. The van der Waals surface area contributed by atoms with Crippen molar-refractivity contribution in [2.24, 2.45) is 0 Å². The van der Waals surface area contributed by atoms with Crippen LogP contribution in [0.1, 0.15) is 25.8 Å². The Balaban J connectivity index is 2.20. The molecule has 0 N–H and O–H groups in total. The monoisotopic (exact) mass is 307 g/mol. The summed E-state index contributed by atoms with van der Waals surface area (Å²) in [6, 6.07) is 5.63. The number of morpholine rings is 1. The van der Waals surface area contributed by atoms with Crippen molar-refractivity contribution >= 4 is 11.4 Å². The second-order valence-corrected chi connectivity index (χ2v) is 5.55. The Morgan fingerprint density at radius 3 is 2.64 bits per heavy atom. The summed E-state index contributed by atoms with van der Waals surface area (Å²) in [4.78, 5) is 15.5. The van der Waals surface area contributed by atoms with Gasteiger partial charge in [0.1, 0.15) is 5.69 Å². The van der Waals surface area contributed by atoms with Gasteiger partial charge in [-0.05, 0) is 25.0 Å². The van der Waals surface area contributed by atoms with Gasteiger partial charge in [-0.1, -0.05) is 13.0 Å². The minimum atomic E-state index is -0.267. The minimum absolute atomic E-state index is 0.209. The van der Waals surface area contributed by atoms with Gasteiger partial charge in [-0.2, -0.15) is 0 Å². The van der Waals surface area contributed by atoms with E-state index in [-0.39, 0.29) is 10.6 Å². The summed E-state index contributed by atoms with van der Waals surface area (Å²) in [5, 5.41) is 11.4. The number of anilines is 1. The SMILES string of the molecule is CCCN(CC)c1ccc(CN2CCOCC2)cc1[N+](=O)[O-]. The molecule has 1 fully saturated rings. The van der Waals surface area contributed by atoms with Crippen LogP contribution in [0.25, 0.3) is 0 Å². The maximum Gasteiger partial charge on any atom is 0.292 e. The first kappa shape index (κ1) is 16.7. The van der Waals surface area contributed by atoms with Crippen molar-refractivity contribution in [2.75, 3.05) is 44.3 Å². The lowest BCUT2D eigenvalue weighted by atomic mass is 10.1. The quantitative estimate of drug-likeness (QED) is 0.572. The van der Waals surface area contributed by atoms with E-state index in [0.29, 0.717) is 0 Å². The average Bonchev–Trinajstić information content (AvgIpc) is 2.53. The lowest BCUT2D eigenvalue weighted by molar-refractivity contribution is -0.384. The molecule has 22 heavy (non-hydrogen) atoms. The Morgan fingerprint density at radius 2 is 2.05 bits per heavy atom. The molecule has 1 aromatic rings. The lowest BCUT2D eigenvalue weighted by Gasteiger charge is -2.27. The van der Waals surface area contributed by atoms with Crippen LogP contribution < -0.4 is 4.90 Å². The first-order chi connectivity index (χ1) is 10.7. The van der Waals surface area contributed by atoms with Crippen molar-refractivity contribution in [3.63, 3.8) is 0 Å². The first-order valence-corrected chi connectivity index (χ1v) is 7.98. The summed E-state index contributed by atoms with van der Waals surface area (Å²) in [6.45, 7) is 9.70. The lowest BCUT2D eigenvalue weighted by Crippen LogP contribution is -2.35. The number of hydrogen-bond donors (Lipinski definition) is 0. The Morgan fingerprint density at radius 1 is 1.32 bits per heavy atom. The van der Waals surface area contributed by atoms with E-state index in [1.807, 2.05) is 19.1 Å². The van der Waals surface area contributed by atoms with Gasteiger partial charge >= 0.3 is 0 Å². The topological polar surface area (TPSA) is 58.8 Å². The molecule has 6 heteroatoms. The molecule has 0 amide bonds. The Bertz CT molecular complexity index is 501. The van der Waals surface area contributed by atoms with Gasteiger partial charge in [0.05, 0.1) is 18.1 Å². The van der Waals surface area contributed by atoms with Gasteiger partial charge in [-0.3, -0.25) is 15.0 Å². The van der Waals surface area contributed by atoms with Gasteiger partial charge in [0.15, 0.2) is 0 Å². The zero-order valence-corrected chi connectivity index (χ0v) is 13.5. The van der Waals surface area contributed by atoms with Crippen LogP contribution in [0.15, 0.2) is 18.2 Å². The Kier molecular flexibility index (Phi) is 6.15. The third-order valence-electron chi connectivity index (χ3n) is 3.96. The fraction of sp³-hybridized carbons (Fsp3) is 0.625. The van der Waals surface area contributed by atoms with E-state index in [1.165, 1.54) is 0 Å². The van der Waals surface area contributed by atoms with Gasteiger partial charge in [0.2, 0.25) is 0 Å². The summed E-state index contributed by atoms with van der Waals surface area (Å²) in [5.74, 6) is 0. The van der Waals surface area contributed by atoms with Crippen LogP contribution in [-0.4, -0.2) is 49.2 Å². The largest absolute Gasteiger partial charge is 0.379 e.